The van der Waals surface area contributed by atoms with E-state index in [2.05, 4.69) is 0 Å². The number of aryl methyl sites for hydroxylation is 2. The number of hydrogen-bond acceptors (Lipinski definition) is 4. The topological polar surface area (TPSA) is 69.4 Å². The van der Waals surface area contributed by atoms with Gasteiger partial charge in [0.25, 0.3) is 0 Å². The first-order valence-corrected chi connectivity index (χ1v) is 7.88. The fourth-order valence-electron chi connectivity index (χ4n) is 1.57. The van der Waals surface area contributed by atoms with Gasteiger partial charge < -0.3 is 10.5 Å². The Morgan fingerprint density at radius 3 is 2.50 bits per heavy atom. The molecule has 0 radical (unpaired) electrons. The maximum atomic E-state index is 11.3. The minimum Gasteiger partial charge on any atom is -0.493 e. The lowest BCUT2D eigenvalue weighted by molar-refractivity contribution is 0.315. The van der Waals surface area contributed by atoms with Gasteiger partial charge in [0, 0.05) is 11.4 Å². The van der Waals surface area contributed by atoms with Gasteiger partial charge in [0.1, 0.15) is 15.6 Å². The van der Waals surface area contributed by atoms with E-state index in [1.807, 2.05) is 26.0 Å². The molecule has 2 N–H and O–H groups in total. The molecule has 1 rings (SSSR count). The molecule has 0 heterocycles. The number of anilines is 1. The Bertz CT molecular complexity index is 509. The number of sulfone groups is 1. The number of rotatable bonds is 6. The minimum absolute atomic E-state index is 0.177. The van der Waals surface area contributed by atoms with Crippen LogP contribution in [0.5, 0.6) is 5.75 Å². The predicted octanol–water partition coefficient (Wildman–Crippen LogP) is 2.09. The van der Waals surface area contributed by atoms with E-state index in [-0.39, 0.29) is 11.5 Å². The molecule has 0 fully saturated rings. The van der Waals surface area contributed by atoms with Gasteiger partial charge in [-0.1, -0.05) is 6.92 Å². The number of nitrogens with two attached hydrogens (primary N) is 1. The highest BCUT2D eigenvalue weighted by molar-refractivity contribution is 7.91. The van der Waals surface area contributed by atoms with E-state index in [4.69, 9.17) is 10.5 Å². The summed E-state index contributed by atoms with van der Waals surface area (Å²) in [5, 5.41) is 0. The van der Waals surface area contributed by atoms with E-state index in [0.717, 1.165) is 22.6 Å². The molecular weight excluding hydrogens is 250 g/mol. The molecule has 0 unspecified atom stereocenters. The van der Waals surface area contributed by atoms with Crippen molar-refractivity contribution in [3.63, 3.8) is 0 Å². The fraction of sp³-hybridized carbons (Fsp3) is 0.538. The monoisotopic (exact) mass is 271 g/mol. The summed E-state index contributed by atoms with van der Waals surface area (Å²) in [6.45, 7) is 5.91. The zero-order chi connectivity index (χ0) is 13.8. The molecule has 0 saturated heterocycles. The van der Waals surface area contributed by atoms with Gasteiger partial charge in [-0.05, 0) is 43.5 Å². The van der Waals surface area contributed by atoms with Crippen LogP contribution in [0.1, 0.15) is 24.5 Å². The van der Waals surface area contributed by atoms with Crippen LogP contribution in [0, 0.1) is 13.8 Å². The average molecular weight is 271 g/mol. The van der Waals surface area contributed by atoms with Gasteiger partial charge >= 0.3 is 0 Å². The highest BCUT2D eigenvalue weighted by atomic mass is 32.2. The van der Waals surface area contributed by atoms with Crippen LogP contribution in [-0.2, 0) is 9.84 Å². The van der Waals surface area contributed by atoms with Crippen molar-refractivity contribution in [2.45, 2.75) is 27.2 Å². The van der Waals surface area contributed by atoms with Crippen molar-refractivity contribution in [3.8, 4) is 5.75 Å². The Morgan fingerprint density at radius 1 is 1.22 bits per heavy atom. The van der Waals surface area contributed by atoms with Crippen LogP contribution in [0.2, 0.25) is 0 Å². The van der Waals surface area contributed by atoms with Gasteiger partial charge in [-0.3, -0.25) is 0 Å². The third-order valence-electron chi connectivity index (χ3n) is 2.86. The maximum Gasteiger partial charge on any atom is 0.150 e. The van der Waals surface area contributed by atoms with Crippen molar-refractivity contribution in [3.05, 3.63) is 23.3 Å². The van der Waals surface area contributed by atoms with E-state index in [1.54, 1.807) is 6.92 Å². The lowest BCUT2D eigenvalue weighted by Crippen LogP contribution is -2.12. The lowest BCUT2D eigenvalue weighted by atomic mass is 10.1. The second-order valence-electron chi connectivity index (χ2n) is 4.41. The number of ether oxygens (including phenoxy) is 1. The first-order valence-electron chi connectivity index (χ1n) is 6.05. The molecule has 0 aromatic heterocycles. The molecule has 0 amide bonds. The van der Waals surface area contributed by atoms with Crippen LogP contribution >= 0.6 is 0 Å². The third kappa shape index (κ3) is 4.22. The number of benzene rings is 1. The van der Waals surface area contributed by atoms with E-state index in [0.29, 0.717) is 13.0 Å². The highest BCUT2D eigenvalue weighted by Gasteiger charge is 2.08. The van der Waals surface area contributed by atoms with Crippen molar-refractivity contribution in [1.82, 2.24) is 0 Å². The molecule has 102 valence electrons. The van der Waals surface area contributed by atoms with Gasteiger partial charge in [-0.2, -0.15) is 0 Å². The van der Waals surface area contributed by atoms with Crippen molar-refractivity contribution in [1.29, 1.82) is 0 Å². The summed E-state index contributed by atoms with van der Waals surface area (Å²) in [5.74, 6) is 1.14. The molecule has 0 aliphatic heterocycles. The van der Waals surface area contributed by atoms with Gasteiger partial charge in [-0.15, -0.1) is 0 Å². The Balaban J connectivity index is 2.52. The molecule has 0 aliphatic carbocycles. The summed E-state index contributed by atoms with van der Waals surface area (Å²) in [6.07, 6.45) is 0.513. The Hall–Kier alpha value is -1.23. The fourth-order valence-corrected chi connectivity index (χ4v) is 2.42. The van der Waals surface area contributed by atoms with Crippen LogP contribution in [0.4, 0.5) is 5.69 Å². The molecule has 0 bridgehead atoms. The summed E-state index contributed by atoms with van der Waals surface area (Å²) < 4.78 is 28.2. The summed E-state index contributed by atoms with van der Waals surface area (Å²) in [4.78, 5) is 0. The normalized spacial score (nSPS) is 11.5. The molecular formula is C13H21NO3S. The Labute approximate surface area is 109 Å². The quantitative estimate of drug-likeness (QED) is 0.635. The van der Waals surface area contributed by atoms with Crippen LogP contribution < -0.4 is 10.5 Å². The van der Waals surface area contributed by atoms with Gasteiger partial charge in [0.15, 0.2) is 0 Å². The van der Waals surface area contributed by atoms with E-state index < -0.39 is 9.84 Å². The SMILES string of the molecule is CCS(=O)(=O)CCCOc1cc(C)c(N)cc1C. The first-order chi connectivity index (χ1) is 8.35. The van der Waals surface area contributed by atoms with E-state index in [1.165, 1.54) is 0 Å². The second kappa shape index (κ2) is 6.09. The van der Waals surface area contributed by atoms with Crippen LogP contribution in [0.25, 0.3) is 0 Å². The van der Waals surface area contributed by atoms with Crippen LogP contribution in [0.3, 0.4) is 0 Å². The second-order valence-corrected chi connectivity index (χ2v) is 6.89. The summed E-state index contributed by atoms with van der Waals surface area (Å²) >= 11 is 0. The Morgan fingerprint density at radius 2 is 1.89 bits per heavy atom. The lowest BCUT2D eigenvalue weighted by Gasteiger charge is -2.11. The minimum atomic E-state index is -2.90. The van der Waals surface area contributed by atoms with Crippen LogP contribution in [-0.4, -0.2) is 26.5 Å². The van der Waals surface area contributed by atoms with Gasteiger partial charge in [0.05, 0.1) is 12.4 Å². The zero-order valence-corrected chi connectivity index (χ0v) is 12.0. The largest absolute Gasteiger partial charge is 0.493 e. The molecule has 0 aliphatic rings. The summed E-state index contributed by atoms with van der Waals surface area (Å²) in [7, 11) is -2.90. The predicted molar refractivity (Wildman–Crippen MR) is 74.8 cm³/mol. The third-order valence-corrected chi connectivity index (χ3v) is 4.65. The van der Waals surface area contributed by atoms with Crippen molar-refractivity contribution < 1.29 is 13.2 Å². The molecule has 1 aromatic rings. The zero-order valence-electron chi connectivity index (χ0n) is 11.2. The van der Waals surface area contributed by atoms with Crippen molar-refractivity contribution in [2.75, 3.05) is 23.8 Å². The smallest absolute Gasteiger partial charge is 0.150 e. The molecule has 1 aromatic carbocycles. The number of nitrogen functional groups attached to an aromatic ring is 1. The van der Waals surface area contributed by atoms with Gasteiger partial charge in [0.2, 0.25) is 0 Å². The van der Waals surface area contributed by atoms with Crippen molar-refractivity contribution >= 4 is 15.5 Å². The molecule has 5 heteroatoms. The van der Waals surface area contributed by atoms with Crippen molar-refractivity contribution in [2.24, 2.45) is 0 Å². The molecule has 18 heavy (non-hydrogen) atoms. The van der Waals surface area contributed by atoms with Crippen LogP contribution in [0.15, 0.2) is 12.1 Å². The summed E-state index contributed by atoms with van der Waals surface area (Å²) in [6, 6.07) is 3.76. The number of hydrogen-bond donors (Lipinski definition) is 1. The van der Waals surface area contributed by atoms with E-state index in [9.17, 15) is 8.42 Å². The molecule has 0 atom stereocenters. The maximum absolute atomic E-state index is 11.3. The Kier molecular flexibility index (Phi) is 5.02. The molecule has 0 spiro atoms. The first kappa shape index (κ1) is 14.8. The molecule has 4 nitrogen and oxygen atoms in total. The highest BCUT2D eigenvalue weighted by Crippen LogP contribution is 2.24. The summed E-state index contributed by atoms with van der Waals surface area (Å²) in [5.41, 5.74) is 8.47. The van der Waals surface area contributed by atoms with Gasteiger partial charge in [-0.25, -0.2) is 8.42 Å². The van der Waals surface area contributed by atoms with E-state index >= 15 is 0 Å². The molecule has 0 saturated carbocycles. The standard InChI is InChI=1S/C13H21NO3S/c1-4-18(15,16)7-5-6-17-13-9-10(2)12(14)8-11(13)3/h8-9H,4-7,14H2,1-3H3. The average Bonchev–Trinajstić information content (AvgIpc) is 2.31.